The number of piperazine rings is 1. The number of carbonyl (C=O) groups excluding carboxylic acids is 2. The normalized spacial score (nSPS) is 14.6. The van der Waals surface area contributed by atoms with Crippen LogP contribution in [-0.2, 0) is 0 Å². The minimum Gasteiger partial charge on any atom is -0.335 e. The number of aromatic amines is 1. The molecule has 4 rings (SSSR count). The van der Waals surface area contributed by atoms with Gasteiger partial charge in [0.25, 0.3) is 11.8 Å². The highest BCUT2D eigenvalue weighted by Gasteiger charge is 2.27. The molecule has 1 aliphatic heterocycles. The number of carbonyl (C=O) groups is 2. The first kappa shape index (κ1) is 16.5. The minimum absolute atomic E-state index is 0.0951. The first-order valence-electron chi connectivity index (χ1n) is 8.25. The molecule has 1 fully saturated rings. The van der Waals surface area contributed by atoms with Gasteiger partial charge in [-0.1, -0.05) is 12.1 Å². The number of pyridine rings is 1. The average molecular weight is 368 g/mol. The molecule has 8 heteroatoms. The molecule has 1 N–H and O–H groups in total. The van der Waals surface area contributed by atoms with Crippen LogP contribution in [-0.4, -0.2) is 57.8 Å². The summed E-state index contributed by atoms with van der Waals surface area (Å²) in [5.41, 5.74) is 1.02. The Morgan fingerprint density at radius 2 is 1.65 bits per heavy atom. The molecule has 3 aromatic rings. The number of para-hydroxylation sites is 1. The van der Waals surface area contributed by atoms with Gasteiger partial charge in [-0.05, 0) is 18.2 Å². The van der Waals surface area contributed by atoms with Crippen molar-refractivity contribution in [2.24, 2.45) is 0 Å². The number of nitrogens with one attached hydrogen (secondary N) is 1. The van der Waals surface area contributed by atoms with Crippen molar-refractivity contribution in [2.45, 2.75) is 0 Å². The minimum atomic E-state index is -0.243. The Morgan fingerprint density at radius 3 is 2.31 bits per heavy atom. The highest BCUT2D eigenvalue weighted by molar-refractivity contribution is 7.20. The van der Waals surface area contributed by atoms with Gasteiger partial charge in [-0.3, -0.25) is 14.4 Å². The third-order valence-corrected chi connectivity index (χ3v) is 5.39. The highest BCUT2D eigenvalue weighted by atomic mass is 32.1. The van der Waals surface area contributed by atoms with Crippen molar-refractivity contribution < 1.29 is 9.59 Å². The van der Waals surface area contributed by atoms with E-state index in [1.165, 1.54) is 29.7 Å². The summed E-state index contributed by atoms with van der Waals surface area (Å²) in [4.78, 5) is 46.6. The smallest absolute Gasteiger partial charge is 0.282 e. The van der Waals surface area contributed by atoms with Crippen LogP contribution in [0.1, 0.15) is 20.2 Å². The first-order chi connectivity index (χ1) is 12.6. The van der Waals surface area contributed by atoms with E-state index in [1.54, 1.807) is 9.80 Å². The molecule has 2 aromatic heterocycles. The van der Waals surface area contributed by atoms with Crippen molar-refractivity contribution in [1.29, 1.82) is 0 Å². The molecule has 0 unspecified atom stereocenters. The lowest BCUT2D eigenvalue weighted by Gasteiger charge is -2.34. The molecule has 2 amide bonds. The van der Waals surface area contributed by atoms with E-state index in [9.17, 15) is 14.4 Å². The zero-order chi connectivity index (χ0) is 18.1. The van der Waals surface area contributed by atoms with E-state index in [0.29, 0.717) is 36.8 Å². The maximum Gasteiger partial charge on any atom is 0.282 e. The number of hydrogen-bond donors (Lipinski definition) is 1. The molecule has 0 aliphatic carbocycles. The molecule has 0 bridgehead atoms. The molecule has 1 aliphatic rings. The SMILES string of the molecule is O=C(c1ccc(=O)[nH]c1)N1CCN(C(=O)c2nc3ccccc3s2)CC1. The predicted octanol–water partition coefficient (Wildman–Crippen LogP) is 1.58. The van der Waals surface area contributed by atoms with E-state index >= 15 is 0 Å². The molecule has 1 aromatic carbocycles. The van der Waals surface area contributed by atoms with Gasteiger partial charge in [-0.25, -0.2) is 4.98 Å². The van der Waals surface area contributed by atoms with Crippen molar-refractivity contribution >= 4 is 33.4 Å². The topological polar surface area (TPSA) is 86.4 Å². The number of benzene rings is 1. The predicted molar refractivity (Wildman–Crippen MR) is 98.5 cm³/mol. The summed E-state index contributed by atoms with van der Waals surface area (Å²) in [5, 5.41) is 0.478. The summed E-state index contributed by atoms with van der Waals surface area (Å²) >= 11 is 1.39. The van der Waals surface area contributed by atoms with Gasteiger partial charge < -0.3 is 14.8 Å². The van der Waals surface area contributed by atoms with Crippen LogP contribution in [0.3, 0.4) is 0 Å². The van der Waals surface area contributed by atoms with Crippen LogP contribution in [0.5, 0.6) is 0 Å². The summed E-state index contributed by atoms with van der Waals surface area (Å²) in [6, 6.07) is 10.5. The van der Waals surface area contributed by atoms with E-state index in [0.717, 1.165) is 10.2 Å². The first-order valence-corrected chi connectivity index (χ1v) is 9.06. The van der Waals surface area contributed by atoms with Gasteiger partial charge >= 0.3 is 0 Å². The van der Waals surface area contributed by atoms with Crippen molar-refractivity contribution in [3.63, 3.8) is 0 Å². The van der Waals surface area contributed by atoms with Gasteiger partial charge in [0.15, 0.2) is 5.01 Å². The number of rotatable bonds is 2. The Hall–Kier alpha value is -3.00. The third-order valence-electron chi connectivity index (χ3n) is 4.36. The monoisotopic (exact) mass is 368 g/mol. The fourth-order valence-electron chi connectivity index (χ4n) is 2.94. The van der Waals surface area contributed by atoms with Crippen LogP contribution in [0.25, 0.3) is 10.2 Å². The molecule has 0 saturated carbocycles. The zero-order valence-corrected chi connectivity index (χ0v) is 14.7. The summed E-state index contributed by atoms with van der Waals surface area (Å²) in [6.45, 7) is 1.83. The molecular weight excluding hydrogens is 352 g/mol. The molecule has 1 saturated heterocycles. The maximum atomic E-state index is 12.7. The van der Waals surface area contributed by atoms with E-state index in [-0.39, 0.29) is 17.4 Å². The highest BCUT2D eigenvalue weighted by Crippen LogP contribution is 2.23. The lowest BCUT2D eigenvalue weighted by molar-refractivity contribution is 0.0535. The van der Waals surface area contributed by atoms with Crippen LogP contribution >= 0.6 is 11.3 Å². The van der Waals surface area contributed by atoms with Crippen LogP contribution in [0.4, 0.5) is 0 Å². The van der Waals surface area contributed by atoms with Gasteiger partial charge in [-0.2, -0.15) is 0 Å². The molecule has 0 spiro atoms. The Labute approximate surface area is 152 Å². The largest absolute Gasteiger partial charge is 0.335 e. The average Bonchev–Trinajstić information content (AvgIpc) is 3.12. The number of thiazole rings is 1. The van der Waals surface area contributed by atoms with Gasteiger partial charge in [0.05, 0.1) is 15.8 Å². The second kappa shape index (κ2) is 6.72. The summed E-state index contributed by atoms with van der Waals surface area (Å²) in [6.07, 6.45) is 1.42. The fourth-order valence-corrected chi connectivity index (χ4v) is 3.87. The van der Waals surface area contributed by atoms with Crippen LogP contribution in [0.2, 0.25) is 0 Å². The van der Waals surface area contributed by atoms with Crippen LogP contribution in [0, 0.1) is 0 Å². The van der Waals surface area contributed by atoms with Crippen molar-refractivity contribution in [3.8, 4) is 0 Å². The van der Waals surface area contributed by atoms with E-state index in [2.05, 4.69) is 9.97 Å². The molecule has 132 valence electrons. The van der Waals surface area contributed by atoms with Crippen LogP contribution in [0.15, 0.2) is 47.4 Å². The lowest BCUT2D eigenvalue weighted by atomic mass is 10.2. The number of hydrogen-bond acceptors (Lipinski definition) is 5. The number of amides is 2. The summed E-state index contributed by atoms with van der Waals surface area (Å²) in [7, 11) is 0. The lowest BCUT2D eigenvalue weighted by Crippen LogP contribution is -2.50. The Kier molecular flexibility index (Phi) is 4.26. The summed E-state index contributed by atoms with van der Waals surface area (Å²) in [5.74, 6) is -0.240. The summed E-state index contributed by atoms with van der Waals surface area (Å²) < 4.78 is 0.989. The Balaban J connectivity index is 1.42. The van der Waals surface area contributed by atoms with Crippen molar-refractivity contribution in [1.82, 2.24) is 19.8 Å². The number of H-pyrrole nitrogens is 1. The molecule has 3 heterocycles. The maximum absolute atomic E-state index is 12.7. The van der Waals surface area contributed by atoms with Gasteiger partial charge in [0, 0.05) is 38.4 Å². The molecule has 0 radical (unpaired) electrons. The number of fused-ring (bicyclic) bond motifs is 1. The van der Waals surface area contributed by atoms with Crippen molar-refractivity contribution in [3.05, 3.63) is 63.5 Å². The third kappa shape index (κ3) is 3.11. The molecule has 26 heavy (non-hydrogen) atoms. The molecular formula is C18H16N4O3S. The van der Waals surface area contributed by atoms with E-state index in [4.69, 9.17) is 0 Å². The molecule has 7 nitrogen and oxygen atoms in total. The van der Waals surface area contributed by atoms with E-state index < -0.39 is 0 Å². The number of aromatic nitrogens is 2. The second-order valence-corrected chi connectivity index (χ2v) is 7.04. The van der Waals surface area contributed by atoms with Gasteiger partial charge in [0.2, 0.25) is 5.56 Å². The second-order valence-electron chi connectivity index (χ2n) is 6.01. The standard InChI is InChI=1S/C18H16N4O3S/c23-15-6-5-12(11-19-15)17(24)21-7-9-22(10-8-21)18(25)16-20-13-3-1-2-4-14(13)26-16/h1-6,11H,7-10H2,(H,19,23). The Bertz CT molecular complexity index is 981. The van der Waals surface area contributed by atoms with Gasteiger partial charge in [0.1, 0.15) is 0 Å². The van der Waals surface area contributed by atoms with Crippen LogP contribution < -0.4 is 5.56 Å². The zero-order valence-electron chi connectivity index (χ0n) is 13.8. The van der Waals surface area contributed by atoms with Crippen molar-refractivity contribution in [2.75, 3.05) is 26.2 Å². The van der Waals surface area contributed by atoms with E-state index in [1.807, 2.05) is 24.3 Å². The molecule has 0 atom stereocenters. The fraction of sp³-hybridized carbons (Fsp3) is 0.222. The quantitative estimate of drug-likeness (QED) is 0.744. The Morgan fingerprint density at radius 1 is 0.962 bits per heavy atom. The van der Waals surface area contributed by atoms with Gasteiger partial charge in [-0.15, -0.1) is 11.3 Å². The number of nitrogens with zero attached hydrogens (tertiary/aromatic N) is 3.